The number of carbonyl (C=O) groups is 1. The number of benzene rings is 2. The Hall–Kier alpha value is -2.07. The maximum absolute atomic E-state index is 11.9. The van der Waals surface area contributed by atoms with Crippen LogP contribution in [0.4, 0.5) is 4.79 Å². The van der Waals surface area contributed by atoms with E-state index in [1.54, 1.807) is 18.1 Å². The van der Waals surface area contributed by atoms with Gasteiger partial charge in [-0.3, -0.25) is 0 Å². The molecular weight excluding hydrogens is 328 g/mol. The van der Waals surface area contributed by atoms with E-state index in [9.17, 15) is 4.79 Å². The monoisotopic (exact) mass is 344 g/mol. The van der Waals surface area contributed by atoms with E-state index in [0.29, 0.717) is 6.54 Å². The number of halogens is 1. The molecule has 0 aromatic heterocycles. The summed E-state index contributed by atoms with van der Waals surface area (Å²) >= 11 is 3.39. The first kappa shape index (κ1) is 15.3. The summed E-state index contributed by atoms with van der Waals surface area (Å²) in [5.74, 6) is 0. The molecule has 2 rings (SSSR count). The molecule has 21 heavy (non-hydrogen) atoms. The molecule has 0 bridgehead atoms. The topological polar surface area (TPSA) is 32.3 Å². The molecule has 0 spiro atoms. The van der Waals surface area contributed by atoms with Crippen LogP contribution in [-0.4, -0.2) is 18.0 Å². The third-order valence-corrected chi connectivity index (χ3v) is 3.49. The van der Waals surface area contributed by atoms with Crippen LogP contribution in [0.3, 0.4) is 0 Å². The molecule has 0 radical (unpaired) electrons. The molecule has 0 saturated carbocycles. The van der Waals surface area contributed by atoms with Crippen LogP contribution in [-0.2, 0) is 6.54 Å². The van der Waals surface area contributed by atoms with Gasteiger partial charge in [-0.1, -0.05) is 58.4 Å². The van der Waals surface area contributed by atoms with Gasteiger partial charge in [-0.2, -0.15) is 0 Å². The predicted molar refractivity (Wildman–Crippen MR) is 89.6 cm³/mol. The summed E-state index contributed by atoms with van der Waals surface area (Å²) in [5.41, 5.74) is 2.14. The lowest BCUT2D eigenvalue weighted by Gasteiger charge is -2.16. The van der Waals surface area contributed by atoms with Gasteiger partial charge in [0.25, 0.3) is 0 Å². The fraction of sp³-hybridized carbons (Fsp3) is 0.118. The highest BCUT2D eigenvalue weighted by Crippen LogP contribution is 2.11. The van der Waals surface area contributed by atoms with Crippen molar-refractivity contribution in [3.63, 3.8) is 0 Å². The van der Waals surface area contributed by atoms with Crippen molar-refractivity contribution in [3.05, 3.63) is 76.4 Å². The number of carbonyl (C=O) groups excluding carboxylic acids is 1. The van der Waals surface area contributed by atoms with Crippen LogP contribution in [0.1, 0.15) is 11.1 Å². The van der Waals surface area contributed by atoms with Gasteiger partial charge in [0.15, 0.2) is 0 Å². The van der Waals surface area contributed by atoms with Crippen molar-refractivity contribution in [1.82, 2.24) is 10.2 Å². The van der Waals surface area contributed by atoms with E-state index in [-0.39, 0.29) is 6.03 Å². The van der Waals surface area contributed by atoms with Gasteiger partial charge in [-0.15, -0.1) is 0 Å². The third kappa shape index (κ3) is 5.08. The number of hydrogen-bond donors (Lipinski definition) is 1. The zero-order chi connectivity index (χ0) is 15.1. The van der Waals surface area contributed by atoms with E-state index >= 15 is 0 Å². The fourth-order valence-corrected chi connectivity index (χ4v) is 2.09. The maximum Gasteiger partial charge on any atom is 0.321 e. The van der Waals surface area contributed by atoms with E-state index < -0.39 is 0 Å². The Bertz CT molecular complexity index is 608. The van der Waals surface area contributed by atoms with Gasteiger partial charge in [0, 0.05) is 24.3 Å². The second-order valence-corrected chi connectivity index (χ2v) is 5.59. The zero-order valence-corrected chi connectivity index (χ0v) is 13.4. The van der Waals surface area contributed by atoms with Crippen molar-refractivity contribution in [1.29, 1.82) is 0 Å². The smallest absolute Gasteiger partial charge is 0.321 e. The van der Waals surface area contributed by atoms with Crippen molar-refractivity contribution >= 4 is 28.0 Å². The fourth-order valence-electron chi connectivity index (χ4n) is 1.82. The average molecular weight is 345 g/mol. The summed E-state index contributed by atoms with van der Waals surface area (Å²) in [6, 6.07) is 17.6. The highest BCUT2D eigenvalue weighted by molar-refractivity contribution is 9.10. The minimum absolute atomic E-state index is 0.132. The molecule has 3 nitrogen and oxygen atoms in total. The van der Waals surface area contributed by atoms with Crippen LogP contribution in [0.15, 0.2) is 65.3 Å². The Morgan fingerprint density at radius 3 is 2.48 bits per heavy atom. The van der Waals surface area contributed by atoms with Crippen molar-refractivity contribution in [2.24, 2.45) is 0 Å². The number of amides is 2. The van der Waals surface area contributed by atoms with Crippen LogP contribution >= 0.6 is 15.9 Å². The third-order valence-electron chi connectivity index (χ3n) is 2.96. The van der Waals surface area contributed by atoms with Gasteiger partial charge in [0.1, 0.15) is 0 Å². The molecule has 0 saturated heterocycles. The van der Waals surface area contributed by atoms with Crippen molar-refractivity contribution in [2.45, 2.75) is 6.54 Å². The zero-order valence-electron chi connectivity index (χ0n) is 11.8. The first-order valence-electron chi connectivity index (χ1n) is 6.63. The van der Waals surface area contributed by atoms with Crippen LogP contribution in [0.2, 0.25) is 0 Å². The number of rotatable bonds is 4. The van der Waals surface area contributed by atoms with E-state index in [2.05, 4.69) is 21.2 Å². The lowest BCUT2D eigenvalue weighted by atomic mass is 10.2. The largest absolute Gasteiger partial charge is 0.323 e. The predicted octanol–water partition coefficient (Wildman–Crippen LogP) is 4.26. The molecule has 0 aliphatic carbocycles. The molecule has 0 aliphatic rings. The summed E-state index contributed by atoms with van der Waals surface area (Å²) in [7, 11) is 1.77. The first-order valence-corrected chi connectivity index (χ1v) is 7.42. The van der Waals surface area contributed by atoms with Crippen molar-refractivity contribution < 1.29 is 4.79 Å². The van der Waals surface area contributed by atoms with Crippen LogP contribution < -0.4 is 5.32 Å². The van der Waals surface area contributed by atoms with Crippen LogP contribution in [0, 0.1) is 0 Å². The standard InChI is InChI=1S/C17H17BrN2O/c1-20(13-15-5-3-2-4-6-15)17(21)19-12-11-14-7-9-16(18)10-8-14/h2-12H,13H2,1H3,(H,19,21)/b12-11+. The number of urea groups is 1. The summed E-state index contributed by atoms with van der Waals surface area (Å²) in [6.07, 6.45) is 3.52. The molecule has 0 heterocycles. The number of nitrogens with zero attached hydrogens (tertiary/aromatic N) is 1. The second kappa shape index (κ2) is 7.64. The number of hydrogen-bond acceptors (Lipinski definition) is 1. The molecule has 4 heteroatoms. The minimum Gasteiger partial charge on any atom is -0.323 e. The Morgan fingerprint density at radius 1 is 1.14 bits per heavy atom. The highest BCUT2D eigenvalue weighted by atomic mass is 79.9. The van der Waals surface area contributed by atoms with Gasteiger partial charge in [0.05, 0.1) is 0 Å². The first-order chi connectivity index (χ1) is 10.1. The SMILES string of the molecule is CN(Cc1ccccc1)C(=O)N/C=C/c1ccc(Br)cc1. The quantitative estimate of drug-likeness (QED) is 0.882. The van der Waals surface area contributed by atoms with Crippen LogP contribution in [0.5, 0.6) is 0 Å². The van der Waals surface area contributed by atoms with Gasteiger partial charge < -0.3 is 10.2 Å². The number of nitrogens with one attached hydrogen (secondary N) is 1. The van der Waals surface area contributed by atoms with Gasteiger partial charge in [0.2, 0.25) is 0 Å². The second-order valence-electron chi connectivity index (χ2n) is 4.68. The Morgan fingerprint density at radius 2 is 1.81 bits per heavy atom. The highest BCUT2D eigenvalue weighted by Gasteiger charge is 2.06. The normalized spacial score (nSPS) is 10.6. The average Bonchev–Trinajstić information content (AvgIpc) is 2.50. The van der Waals surface area contributed by atoms with E-state index in [1.807, 2.05) is 60.7 Å². The molecule has 2 aromatic carbocycles. The summed E-state index contributed by atoms with van der Waals surface area (Å²) in [5, 5.41) is 2.76. The molecule has 2 amide bonds. The molecule has 108 valence electrons. The molecule has 0 unspecified atom stereocenters. The lowest BCUT2D eigenvalue weighted by Crippen LogP contribution is -2.33. The Labute approximate surface area is 133 Å². The summed E-state index contributed by atoms with van der Waals surface area (Å²) in [4.78, 5) is 13.6. The lowest BCUT2D eigenvalue weighted by molar-refractivity contribution is 0.211. The molecule has 0 atom stereocenters. The van der Waals surface area contributed by atoms with Crippen molar-refractivity contribution in [3.8, 4) is 0 Å². The molecule has 0 fully saturated rings. The summed E-state index contributed by atoms with van der Waals surface area (Å²) < 4.78 is 1.03. The Kier molecular flexibility index (Phi) is 5.58. The van der Waals surface area contributed by atoms with E-state index in [4.69, 9.17) is 0 Å². The van der Waals surface area contributed by atoms with Crippen molar-refractivity contribution in [2.75, 3.05) is 7.05 Å². The van der Waals surface area contributed by atoms with Crippen LogP contribution in [0.25, 0.3) is 6.08 Å². The van der Waals surface area contributed by atoms with Gasteiger partial charge in [-0.05, 0) is 29.3 Å². The maximum atomic E-state index is 11.9. The van der Waals surface area contributed by atoms with E-state index in [1.165, 1.54) is 0 Å². The molecule has 2 aromatic rings. The Balaban J connectivity index is 1.85. The summed E-state index contributed by atoms with van der Waals surface area (Å²) in [6.45, 7) is 0.582. The molecular formula is C17H17BrN2O. The minimum atomic E-state index is -0.132. The van der Waals surface area contributed by atoms with E-state index in [0.717, 1.165) is 15.6 Å². The molecule has 1 N–H and O–H groups in total. The molecule has 0 aliphatic heterocycles. The van der Waals surface area contributed by atoms with Gasteiger partial charge >= 0.3 is 6.03 Å². The van der Waals surface area contributed by atoms with Gasteiger partial charge in [-0.25, -0.2) is 4.79 Å².